The van der Waals surface area contributed by atoms with E-state index in [0.29, 0.717) is 5.92 Å². The Hall–Kier alpha value is -2.23. The maximum Gasteiger partial charge on any atom is 0.128 e. The number of nitrogens with two attached hydrogens (primary N) is 1. The molecule has 2 N–H and O–H groups in total. The summed E-state index contributed by atoms with van der Waals surface area (Å²) in [5.74, 6) is 1.75. The third-order valence-electron chi connectivity index (χ3n) is 4.27. The smallest absolute Gasteiger partial charge is 0.128 e. The summed E-state index contributed by atoms with van der Waals surface area (Å²) in [5.41, 5.74) is 9.03. The van der Waals surface area contributed by atoms with Crippen LogP contribution in [0, 0.1) is 5.92 Å². The summed E-state index contributed by atoms with van der Waals surface area (Å²) in [5, 5.41) is 0. The summed E-state index contributed by atoms with van der Waals surface area (Å²) in [6.45, 7) is 8.50. The van der Waals surface area contributed by atoms with Crippen molar-refractivity contribution in [2.75, 3.05) is 41.7 Å². The minimum absolute atomic E-state index is 0.639. The topological polar surface area (TPSA) is 45.4 Å². The Labute approximate surface area is 138 Å². The van der Waals surface area contributed by atoms with Gasteiger partial charge in [-0.1, -0.05) is 19.9 Å². The van der Waals surface area contributed by atoms with Crippen LogP contribution in [-0.4, -0.2) is 31.2 Å². The van der Waals surface area contributed by atoms with Gasteiger partial charge < -0.3 is 15.5 Å². The molecule has 0 amide bonds. The van der Waals surface area contributed by atoms with Crippen molar-refractivity contribution in [3.63, 3.8) is 0 Å². The second kappa shape index (κ2) is 6.90. The van der Waals surface area contributed by atoms with Gasteiger partial charge in [0, 0.05) is 43.2 Å². The van der Waals surface area contributed by atoms with Crippen LogP contribution in [0.1, 0.15) is 19.5 Å². The quantitative estimate of drug-likeness (QED) is 0.881. The maximum atomic E-state index is 5.77. The first-order valence-electron chi connectivity index (χ1n) is 8.43. The number of benzene rings is 1. The largest absolute Gasteiger partial charge is 0.399 e. The number of piperazine rings is 1. The van der Waals surface area contributed by atoms with Crippen molar-refractivity contribution in [3.8, 4) is 0 Å². The summed E-state index contributed by atoms with van der Waals surface area (Å²) >= 11 is 0. The van der Waals surface area contributed by atoms with Crippen LogP contribution in [0.15, 0.2) is 42.5 Å². The first-order chi connectivity index (χ1) is 11.1. The summed E-state index contributed by atoms with van der Waals surface area (Å²) in [7, 11) is 0. The third-order valence-corrected chi connectivity index (χ3v) is 4.27. The minimum atomic E-state index is 0.639. The number of nitrogens with zero attached hydrogens (tertiary/aromatic N) is 3. The van der Waals surface area contributed by atoms with Gasteiger partial charge in [0.05, 0.1) is 0 Å². The zero-order valence-corrected chi connectivity index (χ0v) is 14.1. The lowest BCUT2D eigenvalue weighted by Gasteiger charge is -2.37. The van der Waals surface area contributed by atoms with E-state index in [1.165, 1.54) is 11.4 Å². The van der Waals surface area contributed by atoms with Crippen molar-refractivity contribution in [1.29, 1.82) is 0 Å². The second-order valence-electron chi connectivity index (χ2n) is 6.65. The molecule has 0 spiro atoms. The van der Waals surface area contributed by atoms with Gasteiger partial charge in [0.2, 0.25) is 0 Å². The molecular weight excluding hydrogens is 284 g/mol. The van der Waals surface area contributed by atoms with Gasteiger partial charge in [-0.25, -0.2) is 4.98 Å². The molecule has 1 aliphatic heterocycles. The van der Waals surface area contributed by atoms with E-state index >= 15 is 0 Å². The Kier molecular flexibility index (Phi) is 4.70. The zero-order valence-electron chi connectivity index (χ0n) is 14.1. The van der Waals surface area contributed by atoms with Gasteiger partial charge in [-0.3, -0.25) is 0 Å². The zero-order chi connectivity index (χ0) is 16.2. The van der Waals surface area contributed by atoms with Crippen molar-refractivity contribution in [2.45, 2.75) is 20.3 Å². The molecule has 0 atom stereocenters. The fourth-order valence-corrected chi connectivity index (χ4v) is 3.05. The van der Waals surface area contributed by atoms with Crippen LogP contribution in [-0.2, 0) is 6.42 Å². The molecule has 2 aromatic rings. The number of pyridine rings is 1. The summed E-state index contributed by atoms with van der Waals surface area (Å²) in [6, 6.07) is 14.5. The molecule has 0 bridgehead atoms. The lowest BCUT2D eigenvalue weighted by atomic mass is 10.1. The Balaban J connectivity index is 1.63. The molecule has 23 heavy (non-hydrogen) atoms. The molecule has 1 aromatic heterocycles. The Morgan fingerprint density at radius 1 is 0.957 bits per heavy atom. The van der Waals surface area contributed by atoms with Crippen LogP contribution >= 0.6 is 0 Å². The van der Waals surface area contributed by atoms with Gasteiger partial charge in [-0.2, -0.15) is 0 Å². The van der Waals surface area contributed by atoms with E-state index in [1.807, 2.05) is 12.1 Å². The molecule has 4 heteroatoms. The first-order valence-corrected chi connectivity index (χ1v) is 8.43. The highest BCUT2D eigenvalue weighted by Gasteiger charge is 2.18. The first kappa shape index (κ1) is 15.7. The average Bonchev–Trinajstić information content (AvgIpc) is 2.55. The van der Waals surface area contributed by atoms with Gasteiger partial charge in [-0.05, 0) is 48.7 Å². The highest BCUT2D eigenvalue weighted by atomic mass is 15.3. The molecule has 122 valence electrons. The van der Waals surface area contributed by atoms with Crippen molar-refractivity contribution in [2.24, 2.45) is 5.92 Å². The minimum Gasteiger partial charge on any atom is -0.399 e. The molecule has 1 aromatic carbocycles. The normalized spacial score (nSPS) is 15.3. The molecular formula is C19H26N4. The molecule has 0 radical (unpaired) electrons. The molecule has 3 rings (SSSR count). The molecule has 0 saturated carbocycles. The lowest BCUT2D eigenvalue weighted by molar-refractivity contribution is 0.625. The van der Waals surface area contributed by atoms with E-state index in [-0.39, 0.29) is 0 Å². The standard InChI is InChI=1S/C19H26N4/c1-15(2)14-17-4-3-5-19(21-17)23-12-10-22(11-13-23)18-8-6-16(20)7-9-18/h3-9,15H,10-14,20H2,1-2H3. The van der Waals surface area contributed by atoms with E-state index in [1.54, 1.807) is 0 Å². The van der Waals surface area contributed by atoms with Crippen LogP contribution < -0.4 is 15.5 Å². The summed E-state index contributed by atoms with van der Waals surface area (Å²) in [6.07, 6.45) is 1.04. The lowest BCUT2D eigenvalue weighted by Crippen LogP contribution is -2.46. The van der Waals surface area contributed by atoms with E-state index in [0.717, 1.165) is 44.1 Å². The van der Waals surface area contributed by atoms with Gasteiger partial charge in [0.25, 0.3) is 0 Å². The maximum absolute atomic E-state index is 5.77. The average molecular weight is 310 g/mol. The van der Waals surface area contributed by atoms with Gasteiger partial charge in [-0.15, -0.1) is 0 Å². The molecule has 1 aliphatic rings. The fourth-order valence-electron chi connectivity index (χ4n) is 3.05. The van der Waals surface area contributed by atoms with E-state index < -0.39 is 0 Å². The Morgan fingerprint density at radius 3 is 2.26 bits per heavy atom. The third kappa shape index (κ3) is 3.95. The number of rotatable bonds is 4. The Bertz CT molecular complexity index is 628. The van der Waals surface area contributed by atoms with Gasteiger partial charge >= 0.3 is 0 Å². The highest BCUT2D eigenvalue weighted by Crippen LogP contribution is 2.21. The van der Waals surface area contributed by atoms with Gasteiger partial charge in [0.15, 0.2) is 0 Å². The van der Waals surface area contributed by atoms with E-state index in [2.05, 4.69) is 54.0 Å². The van der Waals surface area contributed by atoms with Crippen LogP contribution in [0.25, 0.3) is 0 Å². The van der Waals surface area contributed by atoms with E-state index in [4.69, 9.17) is 10.7 Å². The van der Waals surface area contributed by atoms with Crippen LogP contribution in [0.2, 0.25) is 0 Å². The number of hydrogen-bond donors (Lipinski definition) is 1. The number of nitrogen functional groups attached to an aromatic ring is 1. The summed E-state index contributed by atoms with van der Waals surface area (Å²) < 4.78 is 0. The summed E-state index contributed by atoms with van der Waals surface area (Å²) in [4.78, 5) is 9.63. The predicted octanol–water partition coefficient (Wildman–Crippen LogP) is 3.19. The molecule has 0 aliphatic carbocycles. The number of aromatic nitrogens is 1. The van der Waals surface area contributed by atoms with Crippen LogP contribution in [0.4, 0.5) is 17.2 Å². The fraction of sp³-hybridized carbons (Fsp3) is 0.421. The molecule has 2 heterocycles. The predicted molar refractivity (Wildman–Crippen MR) is 98.1 cm³/mol. The van der Waals surface area contributed by atoms with Crippen LogP contribution in [0.3, 0.4) is 0 Å². The SMILES string of the molecule is CC(C)Cc1cccc(N2CCN(c3ccc(N)cc3)CC2)n1. The Morgan fingerprint density at radius 2 is 1.61 bits per heavy atom. The van der Waals surface area contributed by atoms with Crippen LogP contribution in [0.5, 0.6) is 0 Å². The van der Waals surface area contributed by atoms with Crippen molar-refractivity contribution >= 4 is 17.2 Å². The monoisotopic (exact) mass is 310 g/mol. The van der Waals surface area contributed by atoms with Crippen molar-refractivity contribution in [1.82, 2.24) is 4.98 Å². The van der Waals surface area contributed by atoms with Crippen molar-refractivity contribution < 1.29 is 0 Å². The van der Waals surface area contributed by atoms with Crippen molar-refractivity contribution in [3.05, 3.63) is 48.2 Å². The number of hydrogen-bond acceptors (Lipinski definition) is 4. The highest BCUT2D eigenvalue weighted by molar-refractivity contribution is 5.54. The number of anilines is 3. The molecule has 1 fully saturated rings. The molecule has 1 saturated heterocycles. The van der Waals surface area contributed by atoms with Gasteiger partial charge in [0.1, 0.15) is 5.82 Å². The molecule has 0 unspecified atom stereocenters. The van der Waals surface area contributed by atoms with E-state index in [9.17, 15) is 0 Å². The second-order valence-corrected chi connectivity index (χ2v) is 6.65. The molecule has 4 nitrogen and oxygen atoms in total.